The number of aliphatic hydroxyl groups is 1. The van der Waals surface area contributed by atoms with Gasteiger partial charge in [-0.05, 0) is 63.5 Å². The lowest BCUT2D eigenvalue weighted by Crippen LogP contribution is -2.28. The van der Waals surface area contributed by atoms with E-state index in [0.29, 0.717) is 23.7 Å². The summed E-state index contributed by atoms with van der Waals surface area (Å²) in [5.74, 6) is -1.19. The van der Waals surface area contributed by atoms with Gasteiger partial charge in [0.05, 0.1) is 11.5 Å². The van der Waals surface area contributed by atoms with Crippen LogP contribution in [0.3, 0.4) is 0 Å². The summed E-state index contributed by atoms with van der Waals surface area (Å²) in [4.78, 5) is 0. The van der Waals surface area contributed by atoms with Gasteiger partial charge in [-0.25, -0.2) is 0 Å². The normalized spacial score (nSPS) is 23.5. The van der Waals surface area contributed by atoms with E-state index in [1.807, 2.05) is 39.0 Å². The van der Waals surface area contributed by atoms with Crippen molar-refractivity contribution in [2.45, 2.75) is 75.8 Å². The van der Waals surface area contributed by atoms with E-state index in [0.717, 1.165) is 11.1 Å². The number of alkyl halides is 4. The largest absolute Gasteiger partial charge is 0.391 e. The van der Waals surface area contributed by atoms with Crippen molar-refractivity contribution >= 4 is 15.9 Å². The van der Waals surface area contributed by atoms with E-state index < -0.39 is 24.0 Å². The van der Waals surface area contributed by atoms with Gasteiger partial charge in [0.25, 0.3) is 0 Å². The van der Waals surface area contributed by atoms with Crippen molar-refractivity contribution in [3.63, 3.8) is 0 Å². The van der Waals surface area contributed by atoms with Crippen LogP contribution < -0.4 is 0 Å². The van der Waals surface area contributed by atoms with Gasteiger partial charge in [-0.1, -0.05) is 34.1 Å². The summed E-state index contributed by atoms with van der Waals surface area (Å²) in [5, 5.41) is 11.2. The maximum absolute atomic E-state index is 12.9. The molecule has 1 aliphatic rings. The highest BCUT2D eigenvalue weighted by Crippen LogP contribution is 2.45. The third-order valence-corrected chi connectivity index (χ3v) is 5.32. The minimum absolute atomic E-state index is 0.0193. The number of benzene rings is 1. The average molecular weight is 423 g/mol. The summed E-state index contributed by atoms with van der Waals surface area (Å²) in [6.45, 7) is 5.59. The van der Waals surface area contributed by atoms with Gasteiger partial charge in [0.1, 0.15) is 0 Å². The molecule has 1 aliphatic carbocycles. The van der Waals surface area contributed by atoms with Crippen LogP contribution in [0.1, 0.15) is 75.4 Å². The van der Waals surface area contributed by atoms with Crippen molar-refractivity contribution in [3.8, 4) is 0 Å². The monoisotopic (exact) mass is 422 g/mol. The number of hydrogen-bond acceptors (Lipinski definition) is 2. The lowest BCUT2D eigenvalue weighted by molar-refractivity contribution is -0.183. The van der Waals surface area contributed by atoms with Gasteiger partial charge in [-0.2, -0.15) is 13.2 Å². The first-order chi connectivity index (χ1) is 11.5. The summed E-state index contributed by atoms with van der Waals surface area (Å²) in [5.41, 5.74) is 2.00. The zero-order valence-electron chi connectivity index (χ0n) is 14.9. The molecule has 0 aliphatic heterocycles. The Morgan fingerprint density at radius 3 is 2.24 bits per heavy atom. The Hall–Kier alpha value is -0.590. The Morgan fingerprint density at radius 1 is 1.16 bits per heavy atom. The minimum atomic E-state index is -4.11. The molecular formula is C19H26BrF3O2. The fourth-order valence-electron chi connectivity index (χ4n) is 3.53. The number of ether oxygens (including phenoxy) is 1. The van der Waals surface area contributed by atoms with Crippen molar-refractivity contribution in [1.82, 2.24) is 0 Å². The first kappa shape index (κ1) is 20.7. The second-order valence-electron chi connectivity index (χ2n) is 7.73. The molecule has 0 amide bonds. The van der Waals surface area contributed by atoms with Gasteiger partial charge in [0.2, 0.25) is 0 Å². The molecule has 0 saturated heterocycles. The van der Waals surface area contributed by atoms with Crippen LogP contribution in [0.2, 0.25) is 0 Å². The number of halogens is 4. The van der Waals surface area contributed by atoms with E-state index in [-0.39, 0.29) is 18.8 Å². The van der Waals surface area contributed by atoms with Gasteiger partial charge in [-0.3, -0.25) is 0 Å². The third kappa shape index (κ3) is 5.44. The zero-order valence-corrected chi connectivity index (χ0v) is 16.5. The standard InChI is InChI=1S/C19H26BrF3O2/c1-18(2,3)25-17(24)16-13(11-20)5-4-6-15(16)12-7-9-14(10-8-12)19(21,22)23/h4-6,12,14,17,24H,7-11H2,1-3H3. The molecule has 1 N–H and O–H groups in total. The summed E-state index contributed by atoms with van der Waals surface area (Å²) in [7, 11) is 0. The van der Waals surface area contributed by atoms with Crippen molar-refractivity contribution in [2.75, 3.05) is 0 Å². The molecule has 0 radical (unpaired) electrons. The Labute approximate surface area is 155 Å². The van der Waals surface area contributed by atoms with Crippen LogP contribution in [0.25, 0.3) is 0 Å². The van der Waals surface area contributed by atoms with E-state index in [2.05, 4.69) is 15.9 Å². The molecule has 1 aromatic rings. The molecule has 6 heteroatoms. The molecule has 1 aromatic carbocycles. The fraction of sp³-hybridized carbons (Fsp3) is 0.684. The smallest absolute Gasteiger partial charge is 0.364 e. The molecule has 142 valence electrons. The van der Waals surface area contributed by atoms with Crippen LogP contribution in [0.5, 0.6) is 0 Å². The summed E-state index contributed by atoms with van der Waals surface area (Å²) >= 11 is 3.43. The Kier molecular flexibility index (Phi) is 6.60. The molecule has 1 fully saturated rings. The first-order valence-corrected chi connectivity index (χ1v) is 9.75. The number of rotatable bonds is 4. The van der Waals surface area contributed by atoms with Crippen molar-refractivity contribution in [2.24, 2.45) is 5.92 Å². The molecule has 1 saturated carbocycles. The molecule has 0 spiro atoms. The minimum Gasteiger partial charge on any atom is -0.364 e. The van der Waals surface area contributed by atoms with Crippen LogP contribution in [0.15, 0.2) is 18.2 Å². The fourth-order valence-corrected chi connectivity index (χ4v) is 4.02. The molecule has 2 rings (SSSR count). The van der Waals surface area contributed by atoms with E-state index >= 15 is 0 Å². The molecule has 0 bridgehead atoms. The number of hydrogen-bond donors (Lipinski definition) is 1. The zero-order chi connectivity index (χ0) is 18.8. The van der Waals surface area contributed by atoms with E-state index in [4.69, 9.17) is 4.74 Å². The lowest BCUT2D eigenvalue weighted by Gasteiger charge is -2.33. The quantitative estimate of drug-likeness (QED) is 0.460. The van der Waals surface area contributed by atoms with Crippen molar-refractivity contribution < 1.29 is 23.0 Å². The maximum atomic E-state index is 12.9. The highest BCUT2D eigenvalue weighted by Gasteiger charge is 2.42. The second-order valence-corrected chi connectivity index (χ2v) is 8.29. The van der Waals surface area contributed by atoms with E-state index in [9.17, 15) is 18.3 Å². The SMILES string of the molecule is CC(C)(C)OC(O)c1c(CBr)cccc1C1CCC(C(F)(F)F)CC1. The summed E-state index contributed by atoms with van der Waals surface area (Å²) in [6.07, 6.45) is -3.97. The molecule has 25 heavy (non-hydrogen) atoms. The molecular weight excluding hydrogens is 397 g/mol. The van der Waals surface area contributed by atoms with Crippen molar-refractivity contribution in [3.05, 3.63) is 34.9 Å². The molecule has 0 heterocycles. The van der Waals surface area contributed by atoms with E-state index in [1.54, 1.807) is 0 Å². The van der Waals surface area contributed by atoms with Crippen LogP contribution in [0, 0.1) is 5.92 Å². The van der Waals surface area contributed by atoms with E-state index in [1.165, 1.54) is 0 Å². The average Bonchev–Trinajstić information content (AvgIpc) is 2.51. The van der Waals surface area contributed by atoms with Crippen LogP contribution in [0.4, 0.5) is 13.2 Å². The van der Waals surface area contributed by atoms with Crippen molar-refractivity contribution in [1.29, 1.82) is 0 Å². The number of aliphatic hydroxyl groups excluding tert-OH is 1. The van der Waals surface area contributed by atoms with Crippen LogP contribution >= 0.6 is 15.9 Å². The lowest BCUT2D eigenvalue weighted by atomic mass is 9.76. The highest BCUT2D eigenvalue weighted by atomic mass is 79.9. The van der Waals surface area contributed by atoms with Crippen LogP contribution in [-0.2, 0) is 10.1 Å². The van der Waals surface area contributed by atoms with Gasteiger partial charge < -0.3 is 9.84 Å². The summed E-state index contributed by atoms with van der Waals surface area (Å²) in [6, 6.07) is 5.72. The topological polar surface area (TPSA) is 29.5 Å². The first-order valence-electron chi connectivity index (χ1n) is 8.63. The molecule has 0 aromatic heterocycles. The molecule has 2 nitrogen and oxygen atoms in total. The highest BCUT2D eigenvalue weighted by molar-refractivity contribution is 9.08. The summed E-state index contributed by atoms with van der Waals surface area (Å²) < 4.78 is 44.5. The predicted molar refractivity (Wildman–Crippen MR) is 95.6 cm³/mol. The molecule has 1 atom stereocenters. The van der Waals surface area contributed by atoms with Crippen LogP contribution in [-0.4, -0.2) is 16.9 Å². The Morgan fingerprint density at radius 2 is 1.76 bits per heavy atom. The Balaban J connectivity index is 2.27. The van der Waals surface area contributed by atoms with Gasteiger partial charge in [-0.15, -0.1) is 0 Å². The van der Waals surface area contributed by atoms with Gasteiger partial charge in [0.15, 0.2) is 6.29 Å². The van der Waals surface area contributed by atoms with Gasteiger partial charge in [0, 0.05) is 10.9 Å². The third-order valence-electron chi connectivity index (χ3n) is 4.72. The Bertz CT molecular complexity index is 573. The van der Waals surface area contributed by atoms with Gasteiger partial charge >= 0.3 is 6.18 Å². The maximum Gasteiger partial charge on any atom is 0.391 e. The predicted octanol–water partition coefficient (Wildman–Crippen LogP) is 6.22. The molecule has 1 unspecified atom stereocenters. The second kappa shape index (κ2) is 7.97.